The number of aromatic nitrogens is 4. The number of aromatic carboxylic acids is 1. The number of halogens is 1. The first kappa shape index (κ1) is 18.8. The first-order valence-electron chi connectivity index (χ1n) is 7.84. The molecule has 11 heteroatoms. The summed E-state index contributed by atoms with van der Waals surface area (Å²) in [5.41, 5.74) is -1.13. The van der Waals surface area contributed by atoms with E-state index in [1.807, 2.05) is 0 Å². The van der Waals surface area contributed by atoms with Crippen molar-refractivity contribution in [2.45, 2.75) is 0 Å². The number of tetrazole rings is 1. The largest absolute Gasteiger partial charge is 0.494 e. The van der Waals surface area contributed by atoms with Crippen LogP contribution in [0.25, 0.3) is 5.69 Å². The Morgan fingerprint density at radius 2 is 1.89 bits per heavy atom. The van der Waals surface area contributed by atoms with Gasteiger partial charge in [0.1, 0.15) is 11.4 Å². The molecule has 3 rings (SSSR count). The van der Waals surface area contributed by atoms with Gasteiger partial charge in [0.2, 0.25) is 0 Å². The number of carboxylic acid groups (broad SMARTS) is 1. The first-order valence-corrected chi connectivity index (χ1v) is 7.84. The maximum absolute atomic E-state index is 14.2. The summed E-state index contributed by atoms with van der Waals surface area (Å²) in [6, 6.07) is 8.57. The van der Waals surface area contributed by atoms with Gasteiger partial charge in [0.25, 0.3) is 0 Å². The highest BCUT2D eigenvalue weighted by atomic mass is 19.1. The van der Waals surface area contributed by atoms with Crippen LogP contribution in [0.15, 0.2) is 47.3 Å². The molecule has 0 fully saturated rings. The average molecular weight is 387 g/mol. The SMILES string of the molecule is COc1cccc(F)c1-n1nnn(C(=O)N(C)c2cccc(C(=O)O)c2)c1=O. The number of carbonyl (C=O) groups excluding carboxylic acids is 1. The highest BCUT2D eigenvalue weighted by Crippen LogP contribution is 2.23. The fourth-order valence-corrected chi connectivity index (χ4v) is 2.47. The molecule has 0 bridgehead atoms. The van der Waals surface area contributed by atoms with E-state index in [2.05, 4.69) is 10.4 Å². The van der Waals surface area contributed by atoms with E-state index in [-0.39, 0.29) is 22.7 Å². The molecule has 0 spiro atoms. The molecule has 1 amide bonds. The number of hydrogen-bond acceptors (Lipinski definition) is 6. The number of amides is 1. The van der Waals surface area contributed by atoms with Crippen molar-refractivity contribution < 1.29 is 23.8 Å². The summed E-state index contributed by atoms with van der Waals surface area (Å²) in [7, 11) is 2.63. The smallest absolute Gasteiger partial charge is 0.377 e. The number of hydrogen-bond donors (Lipinski definition) is 1. The minimum atomic E-state index is -1.17. The Kier molecular flexibility index (Phi) is 4.90. The molecule has 0 atom stereocenters. The van der Waals surface area contributed by atoms with Crippen LogP contribution in [0.4, 0.5) is 14.9 Å². The second-order valence-electron chi connectivity index (χ2n) is 5.57. The van der Waals surface area contributed by atoms with Gasteiger partial charge in [-0.05, 0) is 40.8 Å². The van der Waals surface area contributed by atoms with Crippen LogP contribution < -0.4 is 15.3 Å². The molecule has 2 aromatic carbocycles. The molecule has 1 aromatic heterocycles. The molecule has 28 heavy (non-hydrogen) atoms. The Balaban J connectivity index is 2.01. The van der Waals surface area contributed by atoms with E-state index in [9.17, 15) is 18.8 Å². The van der Waals surface area contributed by atoms with Crippen LogP contribution in [0, 0.1) is 5.82 Å². The Hall–Kier alpha value is -4.02. The van der Waals surface area contributed by atoms with Crippen molar-refractivity contribution in [2.24, 2.45) is 0 Å². The highest BCUT2D eigenvalue weighted by molar-refractivity contribution is 5.95. The number of ether oxygens (including phenoxy) is 1. The Labute approximate surface area is 157 Å². The van der Waals surface area contributed by atoms with Crippen molar-refractivity contribution in [3.63, 3.8) is 0 Å². The van der Waals surface area contributed by atoms with E-state index in [1.54, 1.807) is 0 Å². The van der Waals surface area contributed by atoms with Gasteiger partial charge in [-0.15, -0.1) is 4.68 Å². The van der Waals surface area contributed by atoms with Crippen LogP contribution in [0.2, 0.25) is 0 Å². The molecule has 1 N–H and O–H groups in total. The van der Waals surface area contributed by atoms with E-state index >= 15 is 0 Å². The molecule has 0 saturated carbocycles. The predicted molar refractivity (Wildman–Crippen MR) is 94.7 cm³/mol. The standard InChI is InChI=1S/C17H14FN5O5/c1-21(11-6-3-5-10(9-11)15(24)25)16(26)23-17(27)22(19-20-23)14-12(18)7-4-8-13(14)28-2/h3-9H,1-2H3,(H,24,25). The number of methoxy groups -OCH3 is 1. The molecule has 1 heterocycles. The van der Waals surface area contributed by atoms with Gasteiger partial charge in [-0.25, -0.2) is 18.8 Å². The number of anilines is 1. The van der Waals surface area contributed by atoms with Crippen LogP contribution in [0.5, 0.6) is 5.75 Å². The molecule has 0 aliphatic heterocycles. The zero-order valence-electron chi connectivity index (χ0n) is 14.7. The zero-order chi connectivity index (χ0) is 20.4. The quantitative estimate of drug-likeness (QED) is 0.672. The molecule has 144 valence electrons. The van der Waals surface area contributed by atoms with Gasteiger partial charge in [-0.1, -0.05) is 12.1 Å². The van der Waals surface area contributed by atoms with E-state index < -0.39 is 23.5 Å². The lowest BCUT2D eigenvalue weighted by Gasteiger charge is -2.16. The van der Waals surface area contributed by atoms with Gasteiger partial charge < -0.3 is 9.84 Å². The van der Waals surface area contributed by atoms with Crippen LogP contribution in [0.1, 0.15) is 10.4 Å². The van der Waals surface area contributed by atoms with Crippen molar-refractivity contribution >= 4 is 17.7 Å². The summed E-state index contributed by atoms with van der Waals surface area (Å²) in [4.78, 5) is 37.3. The molecule has 0 saturated heterocycles. The van der Waals surface area contributed by atoms with E-state index in [0.717, 1.165) is 11.0 Å². The number of benzene rings is 2. The van der Waals surface area contributed by atoms with Crippen molar-refractivity contribution in [1.82, 2.24) is 19.8 Å². The van der Waals surface area contributed by atoms with Crippen LogP contribution in [0.3, 0.4) is 0 Å². The summed E-state index contributed by atoms with van der Waals surface area (Å²) in [5, 5.41) is 16.1. The number of carboxylic acids is 1. The fraction of sp³-hybridized carbons (Fsp3) is 0.118. The van der Waals surface area contributed by atoms with Gasteiger partial charge in [-0.3, -0.25) is 4.90 Å². The summed E-state index contributed by atoms with van der Waals surface area (Å²) in [6.45, 7) is 0. The van der Waals surface area contributed by atoms with Gasteiger partial charge in [0.15, 0.2) is 5.82 Å². The third kappa shape index (κ3) is 3.20. The first-order chi connectivity index (χ1) is 13.3. The van der Waals surface area contributed by atoms with Crippen LogP contribution in [-0.4, -0.2) is 51.1 Å². The third-order valence-corrected chi connectivity index (χ3v) is 3.91. The lowest BCUT2D eigenvalue weighted by atomic mass is 10.2. The zero-order valence-corrected chi connectivity index (χ0v) is 14.7. The minimum absolute atomic E-state index is 0.0316. The minimum Gasteiger partial charge on any atom is -0.494 e. The molecular weight excluding hydrogens is 373 g/mol. The van der Waals surface area contributed by atoms with Crippen LogP contribution >= 0.6 is 0 Å². The third-order valence-electron chi connectivity index (χ3n) is 3.91. The van der Waals surface area contributed by atoms with Gasteiger partial charge in [0.05, 0.1) is 12.7 Å². The molecular formula is C17H14FN5O5. The summed E-state index contributed by atoms with van der Waals surface area (Å²) in [5.74, 6) is -1.93. The maximum atomic E-state index is 14.2. The predicted octanol–water partition coefficient (Wildman–Crippen LogP) is 1.38. The molecule has 0 aliphatic carbocycles. The topological polar surface area (TPSA) is 120 Å². The van der Waals surface area contributed by atoms with Crippen molar-refractivity contribution in [3.05, 3.63) is 64.3 Å². The normalized spacial score (nSPS) is 10.5. The number of carbonyl (C=O) groups is 2. The average Bonchev–Trinajstić information content (AvgIpc) is 3.07. The number of nitrogens with zero attached hydrogens (tertiary/aromatic N) is 5. The fourth-order valence-electron chi connectivity index (χ4n) is 2.47. The van der Waals surface area contributed by atoms with Gasteiger partial charge in [-0.2, -0.15) is 4.68 Å². The summed E-state index contributed by atoms with van der Waals surface area (Å²) >= 11 is 0. The molecule has 3 aromatic rings. The van der Waals surface area contributed by atoms with E-state index in [0.29, 0.717) is 9.36 Å². The van der Waals surface area contributed by atoms with Gasteiger partial charge >= 0.3 is 17.7 Å². The summed E-state index contributed by atoms with van der Waals surface area (Å²) < 4.78 is 20.3. The lowest BCUT2D eigenvalue weighted by Crippen LogP contribution is -2.39. The Bertz CT molecular complexity index is 1120. The van der Waals surface area contributed by atoms with Crippen LogP contribution in [-0.2, 0) is 0 Å². The van der Waals surface area contributed by atoms with Crippen molar-refractivity contribution in [2.75, 3.05) is 19.1 Å². The van der Waals surface area contributed by atoms with Crippen molar-refractivity contribution in [3.8, 4) is 11.4 Å². The van der Waals surface area contributed by atoms with E-state index in [1.165, 1.54) is 50.6 Å². The Morgan fingerprint density at radius 3 is 2.57 bits per heavy atom. The summed E-state index contributed by atoms with van der Waals surface area (Å²) in [6.07, 6.45) is 0. The highest BCUT2D eigenvalue weighted by Gasteiger charge is 2.23. The van der Waals surface area contributed by atoms with Gasteiger partial charge in [0, 0.05) is 12.7 Å². The second kappa shape index (κ2) is 7.31. The Morgan fingerprint density at radius 1 is 1.18 bits per heavy atom. The van der Waals surface area contributed by atoms with E-state index in [4.69, 9.17) is 9.84 Å². The monoisotopic (exact) mass is 387 g/mol. The molecule has 0 radical (unpaired) electrons. The molecule has 10 nitrogen and oxygen atoms in total. The number of rotatable bonds is 4. The van der Waals surface area contributed by atoms with Crippen molar-refractivity contribution in [1.29, 1.82) is 0 Å². The molecule has 0 aliphatic rings. The number of para-hydroxylation sites is 1. The molecule has 0 unspecified atom stereocenters. The lowest BCUT2D eigenvalue weighted by molar-refractivity contribution is 0.0697. The maximum Gasteiger partial charge on any atom is 0.377 e. The second-order valence-corrected chi connectivity index (χ2v) is 5.57.